The van der Waals surface area contributed by atoms with Crippen molar-refractivity contribution in [3.63, 3.8) is 0 Å². The Morgan fingerprint density at radius 3 is 2.26 bits per heavy atom. The molecule has 2 aromatic carbocycles. The van der Waals surface area contributed by atoms with E-state index in [-0.39, 0.29) is 0 Å². The van der Waals surface area contributed by atoms with Crippen LogP contribution in [0.1, 0.15) is 24.0 Å². The Morgan fingerprint density at radius 1 is 1.04 bits per heavy atom. The molecule has 1 saturated heterocycles. The summed E-state index contributed by atoms with van der Waals surface area (Å²) in [4.78, 5) is 0. The molecule has 0 unspecified atom stereocenters. The smallest absolute Gasteiger partial charge is 0.120 e. The van der Waals surface area contributed by atoms with E-state index in [2.05, 4.69) is 50.2 Å². The number of hydrogen-bond donors (Lipinski definition) is 1. The second-order valence-electron chi connectivity index (χ2n) is 6.42. The van der Waals surface area contributed by atoms with Crippen LogP contribution in [0.5, 0.6) is 5.75 Å². The molecule has 1 aliphatic heterocycles. The second kappa shape index (κ2) is 6.98. The Bertz CT molecular complexity index is 638. The molecule has 122 valence electrons. The molecular formula is C20H24O2S. The lowest BCUT2D eigenvalue weighted by Gasteiger charge is -2.31. The number of ether oxygens (including phenoxy) is 1. The quantitative estimate of drug-likeness (QED) is 0.889. The predicted octanol–water partition coefficient (Wildman–Crippen LogP) is 4.61. The van der Waals surface area contributed by atoms with Gasteiger partial charge in [-0.25, -0.2) is 0 Å². The van der Waals surface area contributed by atoms with E-state index in [0.29, 0.717) is 6.61 Å². The summed E-state index contributed by atoms with van der Waals surface area (Å²) in [7, 11) is 0. The SMILES string of the molecule is Cc1cc(OCC2(O)CCSCC2)cc(C)c1-c1ccccc1. The van der Waals surface area contributed by atoms with Gasteiger partial charge < -0.3 is 9.84 Å². The molecule has 0 radical (unpaired) electrons. The molecule has 1 fully saturated rings. The summed E-state index contributed by atoms with van der Waals surface area (Å²) in [5, 5.41) is 10.6. The predicted molar refractivity (Wildman–Crippen MR) is 98.4 cm³/mol. The van der Waals surface area contributed by atoms with Crippen molar-refractivity contribution in [2.45, 2.75) is 32.3 Å². The first kappa shape index (κ1) is 16.4. The first-order valence-corrected chi connectivity index (χ1v) is 9.32. The van der Waals surface area contributed by atoms with Crippen LogP contribution >= 0.6 is 11.8 Å². The average molecular weight is 328 g/mol. The zero-order chi connectivity index (χ0) is 16.3. The van der Waals surface area contributed by atoms with Gasteiger partial charge in [-0.1, -0.05) is 30.3 Å². The van der Waals surface area contributed by atoms with Crippen LogP contribution in [0, 0.1) is 13.8 Å². The van der Waals surface area contributed by atoms with E-state index in [1.54, 1.807) is 0 Å². The Morgan fingerprint density at radius 2 is 1.65 bits per heavy atom. The third kappa shape index (κ3) is 3.91. The van der Waals surface area contributed by atoms with Crippen molar-refractivity contribution in [1.82, 2.24) is 0 Å². The van der Waals surface area contributed by atoms with Crippen LogP contribution < -0.4 is 4.74 Å². The first-order chi connectivity index (χ1) is 11.1. The molecule has 0 amide bonds. The molecule has 0 aliphatic carbocycles. The number of thioether (sulfide) groups is 1. The van der Waals surface area contributed by atoms with Gasteiger partial charge in [-0.2, -0.15) is 11.8 Å². The minimum Gasteiger partial charge on any atom is -0.491 e. The van der Waals surface area contributed by atoms with Gasteiger partial charge in [-0.05, 0) is 72.6 Å². The van der Waals surface area contributed by atoms with Crippen LogP contribution in [0.2, 0.25) is 0 Å². The normalized spacial score (nSPS) is 17.0. The maximum atomic E-state index is 10.6. The molecule has 1 N–H and O–H groups in total. The molecule has 0 spiro atoms. The highest BCUT2D eigenvalue weighted by Crippen LogP contribution is 2.32. The molecule has 1 heterocycles. The van der Waals surface area contributed by atoms with Crippen molar-refractivity contribution in [1.29, 1.82) is 0 Å². The van der Waals surface area contributed by atoms with E-state index < -0.39 is 5.60 Å². The largest absolute Gasteiger partial charge is 0.491 e. The highest BCUT2D eigenvalue weighted by Gasteiger charge is 2.30. The van der Waals surface area contributed by atoms with Gasteiger partial charge in [0.25, 0.3) is 0 Å². The van der Waals surface area contributed by atoms with Crippen LogP contribution in [0.4, 0.5) is 0 Å². The van der Waals surface area contributed by atoms with Crippen molar-refractivity contribution >= 4 is 11.8 Å². The Balaban J connectivity index is 1.77. The fraction of sp³-hybridized carbons (Fsp3) is 0.400. The zero-order valence-electron chi connectivity index (χ0n) is 13.8. The van der Waals surface area contributed by atoms with Gasteiger partial charge >= 0.3 is 0 Å². The van der Waals surface area contributed by atoms with Crippen molar-refractivity contribution in [3.05, 3.63) is 53.6 Å². The Kier molecular flexibility index (Phi) is 4.98. The van der Waals surface area contributed by atoms with Crippen LogP contribution in [-0.2, 0) is 0 Å². The summed E-state index contributed by atoms with van der Waals surface area (Å²) < 4.78 is 5.94. The van der Waals surface area contributed by atoms with Gasteiger partial charge in [0, 0.05) is 0 Å². The fourth-order valence-corrected chi connectivity index (χ4v) is 4.43. The van der Waals surface area contributed by atoms with E-state index in [1.165, 1.54) is 22.3 Å². The van der Waals surface area contributed by atoms with Crippen molar-refractivity contribution in [3.8, 4) is 16.9 Å². The molecule has 2 nitrogen and oxygen atoms in total. The molecule has 23 heavy (non-hydrogen) atoms. The zero-order valence-corrected chi connectivity index (χ0v) is 14.7. The Labute approximate surface area is 142 Å². The fourth-order valence-electron chi connectivity index (χ4n) is 3.18. The van der Waals surface area contributed by atoms with Gasteiger partial charge in [0.2, 0.25) is 0 Å². The minimum absolute atomic E-state index is 0.386. The number of aliphatic hydroxyl groups is 1. The monoisotopic (exact) mass is 328 g/mol. The molecule has 3 heteroatoms. The Hall–Kier alpha value is -1.45. The van der Waals surface area contributed by atoms with Crippen molar-refractivity contribution < 1.29 is 9.84 Å². The van der Waals surface area contributed by atoms with E-state index in [9.17, 15) is 5.11 Å². The summed E-state index contributed by atoms with van der Waals surface area (Å²) in [6.45, 7) is 4.62. The molecule has 3 rings (SSSR count). The molecule has 0 saturated carbocycles. The standard InChI is InChI=1S/C20H24O2S/c1-15-12-18(22-14-20(21)8-10-23-11-9-20)13-16(2)19(15)17-6-4-3-5-7-17/h3-7,12-13,21H,8-11,14H2,1-2H3. The van der Waals surface area contributed by atoms with Crippen molar-refractivity contribution in [2.24, 2.45) is 0 Å². The lowest BCUT2D eigenvalue weighted by atomic mass is 9.95. The van der Waals surface area contributed by atoms with Gasteiger partial charge in [-0.3, -0.25) is 0 Å². The van der Waals surface area contributed by atoms with Gasteiger partial charge in [0.05, 0.1) is 0 Å². The lowest BCUT2D eigenvalue weighted by Crippen LogP contribution is -2.39. The maximum Gasteiger partial charge on any atom is 0.120 e. The van der Waals surface area contributed by atoms with Crippen LogP contribution in [0.3, 0.4) is 0 Å². The number of hydrogen-bond acceptors (Lipinski definition) is 3. The highest BCUT2D eigenvalue weighted by molar-refractivity contribution is 7.99. The third-order valence-corrected chi connectivity index (χ3v) is 5.49. The summed E-state index contributed by atoms with van der Waals surface area (Å²) >= 11 is 1.91. The number of rotatable bonds is 4. The minimum atomic E-state index is -0.662. The summed E-state index contributed by atoms with van der Waals surface area (Å²) in [5.74, 6) is 2.89. The van der Waals surface area contributed by atoms with Crippen LogP contribution in [-0.4, -0.2) is 28.8 Å². The third-order valence-electron chi connectivity index (χ3n) is 4.50. The lowest BCUT2D eigenvalue weighted by molar-refractivity contribution is -0.0115. The van der Waals surface area contributed by atoms with Crippen molar-refractivity contribution in [2.75, 3.05) is 18.1 Å². The van der Waals surface area contributed by atoms with Crippen LogP contribution in [0.15, 0.2) is 42.5 Å². The molecular weight excluding hydrogens is 304 g/mol. The summed E-state index contributed by atoms with van der Waals surface area (Å²) in [6.07, 6.45) is 1.63. The summed E-state index contributed by atoms with van der Waals surface area (Å²) in [6, 6.07) is 14.6. The molecule has 0 atom stereocenters. The van der Waals surface area contributed by atoms with Gasteiger partial charge in [-0.15, -0.1) is 0 Å². The number of benzene rings is 2. The van der Waals surface area contributed by atoms with Crippen LogP contribution in [0.25, 0.3) is 11.1 Å². The van der Waals surface area contributed by atoms with E-state index in [4.69, 9.17) is 4.74 Å². The topological polar surface area (TPSA) is 29.5 Å². The van der Waals surface area contributed by atoms with E-state index in [0.717, 1.165) is 30.1 Å². The summed E-state index contributed by atoms with van der Waals surface area (Å²) in [5.41, 5.74) is 4.25. The molecule has 1 aliphatic rings. The average Bonchev–Trinajstić information content (AvgIpc) is 2.54. The van der Waals surface area contributed by atoms with E-state index in [1.807, 2.05) is 17.8 Å². The molecule has 0 bridgehead atoms. The second-order valence-corrected chi connectivity index (χ2v) is 7.65. The molecule has 0 aromatic heterocycles. The highest BCUT2D eigenvalue weighted by atomic mass is 32.2. The van der Waals surface area contributed by atoms with Gasteiger partial charge in [0.1, 0.15) is 18.0 Å². The van der Waals surface area contributed by atoms with Gasteiger partial charge in [0.15, 0.2) is 0 Å². The number of aryl methyl sites for hydroxylation is 2. The first-order valence-electron chi connectivity index (χ1n) is 8.17. The molecule has 2 aromatic rings. The van der Waals surface area contributed by atoms with E-state index >= 15 is 0 Å². The maximum absolute atomic E-state index is 10.6.